The first kappa shape index (κ1) is 14.7. The van der Waals surface area contributed by atoms with E-state index >= 15 is 0 Å². The summed E-state index contributed by atoms with van der Waals surface area (Å²) in [5.41, 5.74) is 7.73. The van der Waals surface area contributed by atoms with Crippen LogP contribution in [0.25, 0.3) is 0 Å². The maximum Gasteiger partial charge on any atom is 0.256 e. The van der Waals surface area contributed by atoms with Gasteiger partial charge >= 0.3 is 0 Å². The van der Waals surface area contributed by atoms with E-state index in [1.165, 1.54) is 0 Å². The van der Waals surface area contributed by atoms with E-state index in [1.807, 2.05) is 16.3 Å². The molecule has 1 fully saturated rings. The standard InChI is InChI=1S/C15H14Cl2N2OS/c16-13-6-10(18)5-12(14(13)17)15(20)19(11-1-2-11)7-9-3-4-21-8-9/h3-6,8,11H,1-2,7,18H2. The van der Waals surface area contributed by atoms with Crippen LogP contribution < -0.4 is 5.73 Å². The third-order valence-corrected chi connectivity index (χ3v) is 5.00. The molecular weight excluding hydrogens is 327 g/mol. The molecule has 1 aliphatic carbocycles. The minimum Gasteiger partial charge on any atom is -0.399 e. The molecule has 0 atom stereocenters. The van der Waals surface area contributed by atoms with Crippen molar-refractivity contribution in [2.24, 2.45) is 0 Å². The Kier molecular flexibility index (Phi) is 4.11. The molecule has 1 aromatic heterocycles. The van der Waals surface area contributed by atoms with Crippen LogP contribution in [0.3, 0.4) is 0 Å². The Balaban J connectivity index is 1.91. The van der Waals surface area contributed by atoms with Gasteiger partial charge in [0.1, 0.15) is 0 Å². The number of rotatable bonds is 4. The zero-order valence-corrected chi connectivity index (χ0v) is 13.5. The Labute approximate surface area is 137 Å². The van der Waals surface area contributed by atoms with Crippen molar-refractivity contribution in [3.05, 3.63) is 50.1 Å². The molecule has 1 amide bonds. The summed E-state index contributed by atoms with van der Waals surface area (Å²) < 4.78 is 0. The third kappa shape index (κ3) is 3.18. The molecular formula is C15H14Cl2N2OS. The summed E-state index contributed by atoms with van der Waals surface area (Å²) in [6.45, 7) is 0.593. The number of benzene rings is 1. The summed E-state index contributed by atoms with van der Waals surface area (Å²) in [6.07, 6.45) is 2.06. The maximum absolute atomic E-state index is 12.8. The molecule has 3 nitrogen and oxygen atoms in total. The van der Waals surface area contributed by atoms with Crippen molar-refractivity contribution in [2.45, 2.75) is 25.4 Å². The normalized spacial score (nSPS) is 14.2. The van der Waals surface area contributed by atoms with E-state index < -0.39 is 0 Å². The van der Waals surface area contributed by atoms with Crippen LogP contribution in [0.4, 0.5) is 5.69 Å². The van der Waals surface area contributed by atoms with Gasteiger partial charge in [-0.2, -0.15) is 11.3 Å². The van der Waals surface area contributed by atoms with E-state index in [1.54, 1.807) is 23.5 Å². The predicted molar refractivity (Wildman–Crippen MR) is 88.1 cm³/mol. The highest BCUT2D eigenvalue weighted by atomic mass is 35.5. The van der Waals surface area contributed by atoms with Crippen molar-refractivity contribution in [2.75, 3.05) is 5.73 Å². The van der Waals surface area contributed by atoms with Gasteiger partial charge < -0.3 is 10.6 Å². The van der Waals surface area contributed by atoms with Crippen LogP contribution in [0.1, 0.15) is 28.8 Å². The Morgan fingerprint density at radius 2 is 2.14 bits per heavy atom. The molecule has 1 aliphatic rings. The van der Waals surface area contributed by atoms with Gasteiger partial charge in [0, 0.05) is 18.3 Å². The van der Waals surface area contributed by atoms with Crippen molar-refractivity contribution in [3.8, 4) is 0 Å². The van der Waals surface area contributed by atoms with Gasteiger partial charge in [0.05, 0.1) is 15.6 Å². The fourth-order valence-electron chi connectivity index (χ4n) is 2.25. The SMILES string of the molecule is Nc1cc(Cl)c(Cl)c(C(=O)N(Cc2ccsc2)C2CC2)c1. The maximum atomic E-state index is 12.8. The summed E-state index contributed by atoms with van der Waals surface area (Å²) in [6, 6.07) is 5.47. The van der Waals surface area contributed by atoms with Crippen LogP contribution in [-0.2, 0) is 6.54 Å². The highest BCUT2D eigenvalue weighted by Crippen LogP contribution is 2.34. The van der Waals surface area contributed by atoms with E-state index in [0.717, 1.165) is 18.4 Å². The number of anilines is 1. The lowest BCUT2D eigenvalue weighted by Gasteiger charge is -2.23. The molecule has 6 heteroatoms. The highest BCUT2D eigenvalue weighted by molar-refractivity contribution is 7.07. The lowest BCUT2D eigenvalue weighted by atomic mass is 10.1. The first-order valence-electron chi connectivity index (χ1n) is 6.63. The van der Waals surface area contributed by atoms with E-state index in [4.69, 9.17) is 28.9 Å². The Bertz CT molecular complexity index is 669. The molecule has 0 aliphatic heterocycles. The van der Waals surface area contributed by atoms with Gasteiger partial charge in [-0.1, -0.05) is 23.2 Å². The number of nitrogen functional groups attached to an aromatic ring is 1. The Hall–Kier alpha value is -1.23. The Morgan fingerprint density at radius 3 is 2.76 bits per heavy atom. The summed E-state index contributed by atoms with van der Waals surface area (Å²) in [5, 5.41) is 4.64. The van der Waals surface area contributed by atoms with Crippen LogP contribution in [-0.4, -0.2) is 16.8 Å². The molecule has 0 bridgehead atoms. The fourth-order valence-corrected chi connectivity index (χ4v) is 3.33. The molecule has 2 N–H and O–H groups in total. The van der Waals surface area contributed by atoms with Crippen LogP contribution in [0.2, 0.25) is 10.0 Å². The summed E-state index contributed by atoms with van der Waals surface area (Å²) in [5.74, 6) is -0.108. The van der Waals surface area contributed by atoms with E-state index in [2.05, 4.69) is 5.38 Å². The second kappa shape index (κ2) is 5.87. The highest BCUT2D eigenvalue weighted by Gasteiger charge is 2.34. The van der Waals surface area contributed by atoms with Gasteiger partial charge in [-0.05, 0) is 47.4 Å². The summed E-state index contributed by atoms with van der Waals surface area (Å²) in [7, 11) is 0. The zero-order chi connectivity index (χ0) is 15.0. The number of carbonyl (C=O) groups excluding carboxylic acids is 1. The molecule has 0 unspecified atom stereocenters. The van der Waals surface area contributed by atoms with Crippen LogP contribution in [0.5, 0.6) is 0 Å². The molecule has 0 saturated heterocycles. The largest absolute Gasteiger partial charge is 0.399 e. The van der Waals surface area contributed by atoms with Gasteiger partial charge in [-0.25, -0.2) is 0 Å². The summed E-state index contributed by atoms with van der Waals surface area (Å²) in [4.78, 5) is 14.7. The molecule has 2 aromatic rings. The van der Waals surface area contributed by atoms with Gasteiger partial charge in [0.25, 0.3) is 5.91 Å². The van der Waals surface area contributed by atoms with Gasteiger partial charge in [0.2, 0.25) is 0 Å². The van der Waals surface area contributed by atoms with Gasteiger partial charge in [0.15, 0.2) is 0 Å². The van der Waals surface area contributed by atoms with Crippen molar-refractivity contribution in [1.29, 1.82) is 0 Å². The van der Waals surface area contributed by atoms with Crippen molar-refractivity contribution in [3.63, 3.8) is 0 Å². The topological polar surface area (TPSA) is 46.3 Å². The quantitative estimate of drug-likeness (QED) is 0.836. The fraction of sp³-hybridized carbons (Fsp3) is 0.267. The molecule has 0 spiro atoms. The smallest absolute Gasteiger partial charge is 0.256 e. The average Bonchev–Trinajstić information content (AvgIpc) is 3.16. The predicted octanol–water partition coefficient (Wildman–Crippen LogP) is 4.44. The number of nitrogens with zero attached hydrogens (tertiary/aromatic N) is 1. The number of thiophene rings is 1. The van der Waals surface area contributed by atoms with Crippen molar-refractivity contribution in [1.82, 2.24) is 4.90 Å². The van der Waals surface area contributed by atoms with E-state index in [0.29, 0.717) is 22.8 Å². The minimum absolute atomic E-state index is 0.108. The first-order valence-corrected chi connectivity index (χ1v) is 8.32. The molecule has 1 heterocycles. The average molecular weight is 341 g/mol. The molecule has 3 rings (SSSR count). The number of nitrogens with two attached hydrogens (primary N) is 1. The Morgan fingerprint density at radius 1 is 1.38 bits per heavy atom. The lowest BCUT2D eigenvalue weighted by molar-refractivity contribution is 0.0730. The molecule has 110 valence electrons. The van der Waals surface area contributed by atoms with E-state index in [-0.39, 0.29) is 17.0 Å². The number of hydrogen-bond acceptors (Lipinski definition) is 3. The molecule has 21 heavy (non-hydrogen) atoms. The van der Waals surface area contributed by atoms with Gasteiger partial charge in [-0.15, -0.1) is 0 Å². The first-order chi connectivity index (χ1) is 10.1. The van der Waals surface area contributed by atoms with Crippen molar-refractivity contribution >= 4 is 46.1 Å². The third-order valence-electron chi connectivity index (χ3n) is 3.46. The molecule has 0 radical (unpaired) electrons. The number of halogens is 2. The van der Waals surface area contributed by atoms with Gasteiger partial charge in [-0.3, -0.25) is 4.79 Å². The minimum atomic E-state index is -0.108. The number of hydrogen-bond donors (Lipinski definition) is 1. The second-order valence-electron chi connectivity index (χ2n) is 5.16. The van der Waals surface area contributed by atoms with Crippen LogP contribution in [0.15, 0.2) is 29.0 Å². The molecule has 1 saturated carbocycles. The van der Waals surface area contributed by atoms with E-state index in [9.17, 15) is 4.79 Å². The second-order valence-corrected chi connectivity index (χ2v) is 6.73. The van der Waals surface area contributed by atoms with Crippen LogP contribution in [0, 0.1) is 0 Å². The lowest BCUT2D eigenvalue weighted by Crippen LogP contribution is -2.32. The monoisotopic (exact) mass is 340 g/mol. The molecule has 1 aromatic carbocycles. The van der Waals surface area contributed by atoms with Crippen LogP contribution >= 0.6 is 34.5 Å². The zero-order valence-electron chi connectivity index (χ0n) is 11.2. The van der Waals surface area contributed by atoms with Crippen molar-refractivity contribution < 1.29 is 4.79 Å². The number of carbonyl (C=O) groups is 1. The number of amides is 1. The summed E-state index contributed by atoms with van der Waals surface area (Å²) >= 11 is 13.8.